The summed E-state index contributed by atoms with van der Waals surface area (Å²) in [6, 6.07) is 9.91. The van der Waals surface area contributed by atoms with Gasteiger partial charge in [-0.05, 0) is 31.0 Å². The molecule has 106 valence electrons. The molecule has 0 aliphatic carbocycles. The van der Waals surface area contributed by atoms with E-state index >= 15 is 0 Å². The number of benzene rings is 1. The summed E-state index contributed by atoms with van der Waals surface area (Å²) in [5.74, 6) is 1.28. The van der Waals surface area contributed by atoms with Gasteiger partial charge in [-0.25, -0.2) is 4.98 Å². The van der Waals surface area contributed by atoms with Crippen molar-refractivity contribution in [3.63, 3.8) is 0 Å². The van der Waals surface area contributed by atoms with Crippen molar-refractivity contribution in [1.82, 2.24) is 4.98 Å². The number of pyridine rings is 1. The number of aryl methyl sites for hydroxylation is 1. The molecule has 2 rings (SSSR count). The minimum Gasteiger partial charge on any atom is -0.369 e. The summed E-state index contributed by atoms with van der Waals surface area (Å²) >= 11 is 12.3. The number of hydrogen-bond acceptors (Lipinski definition) is 3. The standard InChI is InChI=1S/C15H17Cl2N3/c1-3-18-14-12(16)8-13(17)15(20-14)19-9-11-7-5-4-6-10(11)2/h4-8H,3,9H2,1-2H3,(H2,18,19,20). The van der Waals surface area contributed by atoms with Gasteiger partial charge >= 0.3 is 0 Å². The van der Waals surface area contributed by atoms with Gasteiger partial charge in [-0.1, -0.05) is 47.5 Å². The molecule has 1 aromatic carbocycles. The Morgan fingerprint density at radius 2 is 1.70 bits per heavy atom. The third-order valence-electron chi connectivity index (χ3n) is 2.98. The zero-order valence-corrected chi connectivity index (χ0v) is 13.0. The van der Waals surface area contributed by atoms with Crippen LogP contribution >= 0.6 is 23.2 Å². The van der Waals surface area contributed by atoms with E-state index in [1.54, 1.807) is 6.07 Å². The van der Waals surface area contributed by atoms with Crippen LogP contribution in [0.3, 0.4) is 0 Å². The summed E-state index contributed by atoms with van der Waals surface area (Å²) in [7, 11) is 0. The molecule has 0 spiro atoms. The number of anilines is 2. The van der Waals surface area contributed by atoms with Gasteiger partial charge in [0.15, 0.2) is 0 Å². The molecule has 20 heavy (non-hydrogen) atoms. The van der Waals surface area contributed by atoms with Crippen molar-refractivity contribution in [3.05, 3.63) is 51.5 Å². The summed E-state index contributed by atoms with van der Waals surface area (Å²) in [4.78, 5) is 4.42. The highest BCUT2D eigenvalue weighted by Crippen LogP contribution is 2.29. The molecule has 0 radical (unpaired) electrons. The molecule has 0 fully saturated rings. The summed E-state index contributed by atoms with van der Waals surface area (Å²) in [6.45, 7) is 5.50. The third kappa shape index (κ3) is 3.56. The normalized spacial score (nSPS) is 10.4. The van der Waals surface area contributed by atoms with Crippen LogP contribution in [0.1, 0.15) is 18.1 Å². The molecule has 0 bridgehead atoms. The molecule has 2 N–H and O–H groups in total. The van der Waals surface area contributed by atoms with Crippen LogP contribution in [-0.2, 0) is 6.54 Å². The predicted molar refractivity (Wildman–Crippen MR) is 86.9 cm³/mol. The SMILES string of the molecule is CCNc1nc(NCc2ccccc2C)c(Cl)cc1Cl. The van der Waals surface area contributed by atoms with Crippen LogP contribution in [0.25, 0.3) is 0 Å². The van der Waals surface area contributed by atoms with E-state index in [2.05, 4.69) is 34.7 Å². The molecule has 1 heterocycles. The van der Waals surface area contributed by atoms with Gasteiger partial charge in [-0.2, -0.15) is 0 Å². The average molecular weight is 310 g/mol. The fourth-order valence-electron chi connectivity index (χ4n) is 1.87. The van der Waals surface area contributed by atoms with Gasteiger partial charge < -0.3 is 10.6 Å². The maximum atomic E-state index is 6.17. The average Bonchev–Trinajstić information content (AvgIpc) is 2.42. The molecule has 0 atom stereocenters. The topological polar surface area (TPSA) is 37.0 Å². The molecule has 0 saturated heterocycles. The van der Waals surface area contributed by atoms with Gasteiger partial charge in [0.25, 0.3) is 0 Å². The Labute approximate surface area is 129 Å². The van der Waals surface area contributed by atoms with E-state index in [4.69, 9.17) is 23.2 Å². The minimum absolute atomic E-state index is 0.519. The fraction of sp³-hybridized carbons (Fsp3) is 0.267. The Morgan fingerprint density at radius 1 is 1.05 bits per heavy atom. The lowest BCUT2D eigenvalue weighted by Gasteiger charge is -2.12. The van der Waals surface area contributed by atoms with Gasteiger partial charge in [0.2, 0.25) is 0 Å². The first-order valence-electron chi connectivity index (χ1n) is 6.50. The molecule has 0 aliphatic heterocycles. The number of halogens is 2. The fourth-order valence-corrected chi connectivity index (χ4v) is 2.36. The highest BCUT2D eigenvalue weighted by atomic mass is 35.5. The third-order valence-corrected chi connectivity index (χ3v) is 3.56. The van der Waals surface area contributed by atoms with E-state index in [0.717, 1.165) is 6.54 Å². The Kier molecular flexibility index (Phi) is 5.10. The Morgan fingerprint density at radius 3 is 2.35 bits per heavy atom. The maximum absolute atomic E-state index is 6.17. The van der Waals surface area contributed by atoms with Crippen molar-refractivity contribution in [3.8, 4) is 0 Å². The van der Waals surface area contributed by atoms with Crippen LogP contribution in [0.2, 0.25) is 10.0 Å². The van der Waals surface area contributed by atoms with Crippen LogP contribution in [0.5, 0.6) is 0 Å². The quantitative estimate of drug-likeness (QED) is 0.837. The van der Waals surface area contributed by atoms with Crippen LogP contribution < -0.4 is 10.6 Å². The van der Waals surface area contributed by atoms with Crippen LogP contribution in [0.15, 0.2) is 30.3 Å². The highest BCUT2D eigenvalue weighted by molar-refractivity contribution is 6.37. The van der Waals surface area contributed by atoms with Crippen LogP contribution in [-0.4, -0.2) is 11.5 Å². The van der Waals surface area contributed by atoms with E-state index in [1.165, 1.54) is 11.1 Å². The summed E-state index contributed by atoms with van der Waals surface area (Å²) < 4.78 is 0. The second-order valence-corrected chi connectivity index (χ2v) is 5.27. The maximum Gasteiger partial charge on any atom is 0.147 e. The number of aromatic nitrogens is 1. The Hall–Kier alpha value is -1.45. The largest absolute Gasteiger partial charge is 0.369 e. The summed E-state index contributed by atoms with van der Waals surface area (Å²) in [5, 5.41) is 7.41. The zero-order chi connectivity index (χ0) is 14.5. The van der Waals surface area contributed by atoms with E-state index in [0.29, 0.717) is 28.2 Å². The second-order valence-electron chi connectivity index (χ2n) is 4.46. The predicted octanol–water partition coefficient (Wildman–Crippen LogP) is 4.74. The van der Waals surface area contributed by atoms with Gasteiger partial charge in [-0.3, -0.25) is 0 Å². The number of hydrogen-bond donors (Lipinski definition) is 2. The van der Waals surface area contributed by atoms with Crippen molar-refractivity contribution in [1.29, 1.82) is 0 Å². The molecular formula is C15H17Cl2N3. The monoisotopic (exact) mass is 309 g/mol. The molecule has 5 heteroatoms. The lowest BCUT2D eigenvalue weighted by atomic mass is 10.1. The lowest BCUT2D eigenvalue weighted by molar-refractivity contribution is 1.08. The van der Waals surface area contributed by atoms with E-state index in [-0.39, 0.29) is 0 Å². The van der Waals surface area contributed by atoms with Crippen LogP contribution in [0, 0.1) is 6.92 Å². The first kappa shape index (κ1) is 14.9. The molecule has 2 aromatic rings. The molecule has 0 saturated carbocycles. The zero-order valence-electron chi connectivity index (χ0n) is 11.5. The molecule has 3 nitrogen and oxygen atoms in total. The molecular weight excluding hydrogens is 293 g/mol. The van der Waals surface area contributed by atoms with Crippen molar-refractivity contribution in [2.24, 2.45) is 0 Å². The van der Waals surface area contributed by atoms with Crippen molar-refractivity contribution in [2.75, 3.05) is 17.2 Å². The molecule has 0 unspecified atom stereocenters. The number of nitrogens with one attached hydrogen (secondary N) is 2. The Bertz CT molecular complexity index is 600. The second kappa shape index (κ2) is 6.82. The summed E-state index contributed by atoms with van der Waals surface area (Å²) in [5.41, 5.74) is 2.45. The van der Waals surface area contributed by atoms with E-state index in [9.17, 15) is 0 Å². The molecule has 1 aromatic heterocycles. The first-order valence-corrected chi connectivity index (χ1v) is 7.25. The van der Waals surface area contributed by atoms with E-state index in [1.807, 2.05) is 19.1 Å². The van der Waals surface area contributed by atoms with Gasteiger partial charge in [-0.15, -0.1) is 0 Å². The first-order chi connectivity index (χ1) is 9.61. The molecule has 0 amide bonds. The van der Waals surface area contributed by atoms with Crippen molar-refractivity contribution >= 4 is 34.8 Å². The summed E-state index contributed by atoms with van der Waals surface area (Å²) in [6.07, 6.45) is 0. The van der Waals surface area contributed by atoms with Gasteiger partial charge in [0, 0.05) is 13.1 Å². The van der Waals surface area contributed by atoms with E-state index < -0.39 is 0 Å². The Balaban J connectivity index is 2.17. The van der Waals surface area contributed by atoms with Crippen molar-refractivity contribution < 1.29 is 0 Å². The minimum atomic E-state index is 0.519. The molecule has 0 aliphatic rings. The van der Waals surface area contributed by atoms with Gasteiger partial charge in [0.05, 0.1) is 10.0 Å². The smallest absolute Gasteiger partial charge is 0.147 e. The van der Waals surface area contributed by atoms with Crippen LogP contribution in [0.4, 0.5) is 11.6 Å². The lowest BCUT2D eigenvalue weighted by Crippen LogP contribution is -2.06. The highest BCUT2D eigenvalue weighted by Gasteiger charge is 2.09. The van der Waals surface area contributed by atoms with Gasteiger partial charge in [0.1, 0.15) is 11.6 Å². The number of rotatable bonds is 5. The number of nitrogens with zero attached hydrogens (tertiary/aromatic N) is 1. The van der Waals surface area contributed by atoms with Crippen molar-refractivity contribution in [2.45, 2.75) is 20.4 Å².